The minimum atomic E-state index is -0.0379. The van der Waals surface area contributed by atoms with Crippen LogP contribution in [-0.4, -0.2) is 31.1 Å². The lowest BCUT2D eigenvalue weighted by Crippen LogP contribution is -2.38. The third-order valence-electron chi connectivity index (χ3n) is 3.89. The van der Waals surface area contributed by atoms with Crippen LogP contribution in [-0.2, 0) is 4.79 Å². The van der Waals surface area contributed by atoms with Crippen LogP contribution in [0.25, 0.3) is 0 Å². The van der Waals surface area contributed by atoms with Crippen LogP contribution in [0.2, 0.25) is 0 Å². The third kappa shape index (κ3) is 3.97. The Morgan fingerprint density at radius 1 is 1.43 bits per heavy atom. The molecule has 2 rings (SSSR count). The van der Waals surface area contributed by atoms with Crippen molar-refractivity contribution >= 4 is 11.6 Å². The highest BCUT2D eigenvalue weighted by Crippen LogP contribution is 2.26. The first-order valence-corrected chi connectivity index (χ1v) is 7.97. The first-order valence-electron chi connectivity index (χ1n) is 7.97. The molecular formula is C17H26N2O2. The fourth-order valence-electron chi connectivity index (χ4n) is 2.48. The Bertz CT molecular complexity index is 476. The molecule has 4 nitrogen and oxygen atoms in total. The Morgan fingerprint density at radius 3 is 2.95 bits per heavy atom. The largest absolute Gasteiger partial charge is 0.491 e. The SMILES string of the molecule is CCCNC1CCN(c2cccc(OC(C)CC)c2)C1=O. The summed E-state index contributed by atoms with van der Waals surface area (Å²) >= 11 is 0. The monoisotopic (exact) mass is 290 g/mol. The van der Waals surface area contributed by atoms with Crippen molar-refractivity contribution in [1.29, 1.82) is 0 Å². The number of anilines is 1. The summed E-state index contributed by atoms with van der Waals surface area (Å²) in [7, 11) is 0. The zero-order valence-corrected chi connectivity index (χ0v) is 13.3. The summed E-state index contributed by atoms with van der Waals surface area (Å²) in [6.07, 6.45) is 3.07. The molecule has 1 aliphatic heterocycles. The maximum Gasteiger partial charge on any atom is 0.244 e. The zero-order valence-electron chi connectivity index (χ0n) is 13.3. The van der Waals surface area contributed by atoms with Gasteiger partial charge in [0.15, 0.2) is 0 Å². The number of nitrogens with one attached hydrogen (secondary N) is 1. The van der Waals surface area contributed by atoms with Crippen LogP contribution in [0, 0.1) is 0 Å². The van der Waals surface area contributed by atoms with Gasteiger partial charge in [0.25, 0.3) is 0 Å². The van der Waals surface area contributed by atoms with Gasteiger partial charge in [0.2, 0.25) is 5.91 Å². The van der Waals surface area contributed by atoms with E-state index in [1.54, 1.807) is 0 Å². The molecule has 0 bridgehead atoms. The molecule has 1 aromatic carbocycles. The number of ether oxygens (including phenoxy) is 1. The molecule has 4 heteroatoms. The van der Waals surface area contributed by atoms with Crippen LogP contribution in [0.4, 0.5) is 5.69 Å². The molecule has 1 amide bonds. The molecule has 1 N–H and O–H groups in total. The van der Waals surface area contributed by atoms with Crippen molar-refractivity contribution in [2.24, 2.45) is 0 Å². The van der Waals surface area contributed by atoms with E-state index < -0.39 is 0 Å². The van der Waals surface area contributed by atoms with Crippen LogP contribution in [0.5, 0.6) is 5.75 Å². The van der Waals surface area contributed by atoms with E-state index in [2.05, 4.69) is 26.1 Å². The predicted octanol–water partition coefficient (Wildman–Crippen LogP) is 2.97. The van der Waals surface area contributed by atoms with E-state index in [4.69, 9.17) is 4.74 Å². The van der Waals surface area contributed by atoms with Gasteiger partial charge < -0.3 is 15.0 Å². The molecule has 1 aromatic rings. The van der Waals surface area contributed by atoms with Gasteiger partial charge in [-0.25, -0.2) is 0 Å². The van der Waals surface area contributed by atoms with E-state index in [0.29, 0.717) is 0 Å². The van der Waals surface area contributed by atoms with Crippen LogP contribution in [0.15, 0.2) is 24.3 Å². The third-order valence-corrected chi connectivity index (χ3v) is 3.89. The maximum atomic E-state index is 12.4. The molecule has 1 heterocycles. The quantitative estimate of drug-likeness (QED) is 0.839. The van der Waals surface area contributed by atoms with Gasteiger partial charge in [-0.1, -0.05) is 19.9 Å². The highest BCUT2D eigenvalue weighted by atomic mass is 16.5. The highest BCUT2D eigenvalue weighted by Gasteiger charge is 2.31. The first-order chi connectivity index (χ1) is 10.2. The van der Waals surface area contributed by atoms with Crippen LogP contribution >= 0.6 is 0 Å². The second-order valence-corrected chi connectivity index (χ2v) is 5.62. The lowest BCUT2D eigenvalue weighted by Gasteiger charge is -2.19. The topological polar surface area (TPSA) is 41.6 Å². The van der Waals surface area contributed by atoms with Crippen molar-refractivity contribution in [3.05, 3.63) is 24.3 Å². The van der Waals surface area contributed by atoms with Gasteiger partial charge in [-0.05, 0) is 44.9 Å². The van der Waals surface area contributed by atoms with Gasteiger partial charge in [0.05, 0.1) is 12.1 Å². The normalized spacial score (nSPS) is 19.9. The van der Waals surface area contributed by atoms with E-state index in [1.165, 1.54) is 0 Å². The van der Waals surface area contributed by atoms with Gasteiger partial charge in [0, 0.05) is 18.3 Å². The Balaban J connectivity index is 2.05. The molecule has 0 aromatic heterocycles. The second kappa shape index (κ2) is 7.46. The summed E-state index contributed by atoms with van der Waals surface area (Å²) in [4.78, 5) is 14.3. The molecule has 1 aliphatic rings. The fraction of sp³-hybridized carbons (Fsp3) is 0.588. The van der Waals surface area contributed by atoms with Gasteiger partial charge in [0.1, 0.15) is 5.75 Å². The molecule has 2 unspecified atom stereocenters. The Kier molecular flexibility index (Phi) is 5.62. The lowest BCUT2D eigenvalue weighted by atomic mass is 10.2. The van der Waals surface area contributed by atoms with Gasteiger partial charge in [-0.15, -0.1) is 0 Å². The standard InChI is InChI=1S/C17H26N2O2/c1-4-10-18-16-9-11-19(17(16)20)14-7-6-8-15(12-14)21-13(3)5-2/h6-8,12-13,16,18H,4-5,9-11H2,1-3H3. The predicted molar refractivity (Wildman–Crippen MR) is 85.9 cm³/mol. The van der Waals surface area contributed by atoms with Crippen molar-refractivity contribution in [3.8, 4) is 5.75 Å². The van der Waals surface area contributed by atoms with E-state index in [1.807, 2.05) is 29.2 Å². The summed E-state index contributed by atoms with van der Waals surface area (Å²) < 4.78 is 5.84. The van der Waals surface area contributed by atoms with E-state index in [9.17, 15) is 4.79 Å². The second-order valence-electron chi connectivity index (χ2n) is 5.62. The van der Waals surface area contributed by atoms with Gasteiger partial charge in [-0.2, -0.15) is 0 Å². The molecule has 116 valence electrons. The Morgan fingerprint density at radius 2 is 2.24 bits per heavy atom. The van der Waals surface area contributed by atoms with E-state index in [-0.39, 0.29) is 18.1 Å². The first kappa shape index (κ1) is 15.8. The number of rotatable bonds is 7. The number of hydrogen-bond donors (Lipinski definition) is 1. The van der Waals surface area contributed by atoms with Crippen molar-refractivity contribution in [2.45, 2.75) is 52.2 Å². The number of nitrogens with zero attached hydrogens (tertiary/aromatic N) is 1. The summed E-state index contributed by atoms with van der Waals surface area (Å²) in [5.74, 6) is 1.00. The number of carbonyl (C=O) groups excluding carboxylic acids is 1. The van der Waals surface area contributed by atoms with Crippen molar-refractivity contribution < 1.29 is 9.53 Å². The van der Waals surface area contributed by atoms with Crippen molar-refractivity contribution in [3.63, 3.8) is 0 Å². The van der Waals surface area contributed by atoms with Crippen LogP contribution in [0.3, 0.4) is 0 Å². The number of hydrogen-bond acceptors (Lipinski definition) is 3. The Labute approximate surface area is 127 Å². The summed E-state index contributed by atoms with van der Waals surface area (Å²) in [5, 5.41) is 3.31. The average molecular weight is 290 g/mol. The highest BCUT2D eigenvalue weighted by molar-refractivity contribution is 5.99. The molecule has 2 atom stereocenters. The minimum Gasteiger partial charge on any atom is -0.491 e. The van der Waals surface area contributed by atoms with E-state index >= 15 is 0 Å². The molecule has 0 aliphatic carbocycles. The summed E-state index contributed by atoms with van der Waals surface area (Å²) in [6, 6.07) is 7.80. The van der Waals surface area contributed by atoms with Crippen LogP contribution in [0.1, 0.15) is 40.0 Å². The molecule has 21 heavy (non-hydrogen) atoms. The smallest absolute Gasteiger partial charge is 0.244 e. The lowest BCUT2D eigenvalue weighted by molar-refractivity contribution is -0.118. The fourth-order valence-corrected chi connectivity index (χ4v) is 2.48. The molecule has 0 saturated carbocycles. The van der Waals surface area contributed by atoms with Gasteiger partial charge in [-0.3, -0.25) is 4.79 Å². The molecule has 1 fully saturated rings. The molecule has 1 saturated heterocycles. The average Bonchev–Trinajstić information content (AvgIpc) is 2.86. The van der Waals surface area contributed by atoms with E-state index in [0.717, 1.165) is 43.8 Å². The summed E-state index contributed by atoms with van der Waals surface area (Å²) in [5.41, 5.74) is 0.932. The number of carbonyl (C=O) groups is 1. The van der Waals surface area contributed by atoms with Crippen LogP contribution < -0.4 is 15.0 Å². The molecule has 0 spiro atoms. The van der Waals surface area contributed by atoms with Crippen molar-refractivity contribution in [2.75, 3.05) is 18.0 Å². The van der Waals surface area contributed by atoms with Crippen molar-refractivity contribution in [1.82, 2.24) is 5.32 Å². The minimum absolute atomic E-state index is 0.0379. The number of amides is 1. The zero-order chi connectivity index (χ0) is 15.2. The maximum absolute atomic E-state index is 12.4. The number of benzene rings is 1. The summed E-state index contributed by atoms with van der Waals surface area (Å²) in [6.45, 7) is 7.93. The molecular weight excluding hydrogens is 264 g/mol. The molecule has 0 radical (unpaired) electrons. The van der Waals surface area contributed by atoms with Gasteiger partial charge >= 0.3 is 0 Å². The Hall–Kier alpha value is -1.55.